The Morgan fingerprint density at radius 2 is 2.24 bits per heavy atom. The van der Waals surface area contributed by atoms with Crippen molar-refractivity contribution in [1.82, 2.24) is 5.32 Å². The highest BCUT2D eigenvalue weighted by atomic mass is 35.5. The standard InChI is InChI=1S/C12H19ClN2O2/c1-8-3-10(13)4-9(12(8)17-2)5-15-6-11(14)7-16/h3-4,11,15-16H,5-7,14H2,1-2H3. The Balaban J connectivity index is 2.69. The third-order valence-corrected chi connectivity index (χ3v) is 2.70. The Labute approximate surface area is 107 Å². The van der Waals surface area contributed by atoms with Gasteiger partial charge in [-0.05, 0) is 24.6 Å². The van der Waals surface area contributed by atoms with Crippen LogP contribution in [0.5, 0.6) is 5.75 Å². The SMILES string of the molecule is COc1c(C)cc(Cl)cc1CNCC(N)CO. The molecule has 0 amide bonds. The third-order valence-electron chi connectivity index (χ3n) is 2.48. The highest BCUT2D eigenvalue weighted by molar-refractivity contribution is 6.30. The second-order valence-electron chi connectivity index (χ2n) is 3.99. The summed E-state index contributed by atoms with van der Waals surface area (Å²) in [5, 5.41) is 12.7. The van der Waals surface area contributed by atoms with Gasteiger partial charge in [0.15, 0.2) is 0 Å². The molecule has 0 saturated heterocycles. The predicted molar refractivity (Wildman–Crippen MR) is 69.5 cm³/mol. The lowest BCUT2D eigenvalue weighted by molar-refractivity contribution is 0.262. The van der Waals surface area contributed by atoms with Crippen molar-refractivity contribution in [2.45, 2.75) is 19.5 Å². The topological polar surface area (TPSA) is 67.5 Å². The minimum atomic E-state index is -0.249. The molecule has 0 aliphatic carbocycles. The van der Waals surface area contributed by atoms with Gasteiger partial charge in [0.1, 0.15) is 5.75 Å². The fourth-order valence-corrected chi connectivity index (χ4v) is 1.97. The maximum atomic E-state index is 8.81. The molecule has 4 N–H and O–H groups in total. The number of ether oxygens (including phenoxy) is 1. The molecule has 0 heterocycles. The summed E-state index contributed by atoms with van der Waals surface area (Å²) in [4.78, 5) is 0. The Hall–Kier alpha value is -0.810. The predicted octanol–water partition coefficient (Wildman–Crippen LogP) is 1.07. The highest BCUT2D eigenvalue weighted by Crippen LogP contribution is 2.27. The van der Waals surface area contributed by atoms with E-state index in [-0.39, 0.29) is 12.6 Å². The van der Waals surface area contributed by atoms with Crippen molar-refractivity contribution in [1.29, 1.82) is 0 Å². The minimum absolute atomic E-state index is 0.0291. The smallest absolute Gasteiger partial charge is 0.126 e. The summed E-state index contributed by atoms with van der Waals surface area (Å²) >= 11 is 6.00. The van der Waals surface area contributed by atoms with Crippen LogP contribution in [-0.4, -0.2) is 31.4 Å². The number of methoxy groups -OCH3 is 1. The third kappa shape index (κ3) is 4.16. The van der Waals surface area contributed by atoms with E-state index < -0.39 is 0 Å². The Morgan fingerprint density at radius 3 is 2.82 bits per heavy atom. The van der Waals surface area contributed by atoms with E-state index in [1.54, 1.807) is 7.11 Å². The molecule has 0 aromatic heterocycles. The Kier molecular flexibility index (Phi) is 5.71. The van der Waals surface area contributed by atoms with E-state index in [0.717, 1.165) is 16.9 Å². The summed E-state index contributed by atoms with van der Waals surface area (Å²) in [6, 6.07) is 3.48. The number of benzene rings is 1. The Morgan fingerprint density at radius 1 is 1.53 bits per heavy atom. The molecule has 0 aliphatic rings. The largest absolute Gasteiger partial charge is 0.496 e. The van der Waals surface area contributed by atoms with Crippen LogP contribution in [0, 0.1) is 6.92 Å². The van der Waals surface area contributed by atoms with Gasteiger partial charge >= 0.3 is 0 Å². The van der Waals surface area contributed by atoms with Crippen molar-refractivity contribution in [3.8, 4) is 5.75 Å². The number of rotatable bonds is 6. The first-order valence-corrected chi connectivity index (χ1v) is 5.86. The van der Waals surface area contributed by atoms with Crippen molar-refractivity contribution in [2.75, 3.05) is 20.3 Å². The summed E-state index contributed by atoms with van der Waals surface area (Å²) in [5.41, 5.74) is 7.59. The van der Waals surface area contributed by atoms with Gasteiger partial charge in [0.05, 0.1) is 13.7 Å². The zero-order valence-corrected chi connectivity index (χ0v) is 10.9. The van der Waals surface area contributed by atoms with Gasteiger partial charge in [-0.25, -0.2) is 0 Å². The molecule has 1 atom stereocenters. The monoisotopic (exact) mass is 258 g/mol. The Bertz CT molecular complexity index is 372. The molecule has 5 heteroatoms. The van der Waals surface area contributed by atoms with Crippen LogP contribution in [0.2, 0.25) is 5.02 Å². The van der Waals surface area contributed by atoms with E-state index in [0.29, 0.717) is 18.1 Å². The van der Waals surface area contributed by atoms with E-state index >= 15 is 0 Å². The zero-order valence-electron chi connectivity index (χ0n) is 10.2. The van der Waals surface area contributed by atoms with Gasteiger partial charge in [0.2, 0.25) is 0 Å². The van der Waals surface area contributed by atoms with Crippen LogP contribution in [0.15, 0.2) is 12.1 Å². The van der Waals surface area contributed by atoms with Gasteiger partial charge in [-0.15, -0.1) is 0 Å². The molecule has 0 fully saturated rings. The molecule has 17 heavy (non-hydrogen) atoms. The van der Waals surface area contributed by atoms with Crippen molar-refractivity contribution in [3.05, 3.63) is 28.3 Å². The quantitative estimate of drug-likeness (QED) is 0.714. The lowest BCUT2D eigenvalue weighted by atomic mass is 10.1. The molecule has 0 spiro atoms. The van der Waals surface area contributed by atoms with Gasteiger partial charge in [-0.1, -0.05) is 11.6 Å². The highest BCUT2D eigenvalue weighted by Gasteiger charge is 2.08. The molecule has 1 aromatic rings. The van der Waals surface area contributed by atoms with Crippen LogP contribution in [0.3, 0.4) is 0 Å². The number of nitrogens with one attached hydrogen (secondary N) is 1. The first-order chi connectivity index (χ1) is 8.08. The van der Waals surface area contributed by atoms with Crippen LogP contribution < -0.4 is 15.8 Å². The van der Waals surface area contributed by atoms with Crippen LogP contribution in [0.25, 0.3) is 0 Å². The number of hydrogen-bond donors (Lipinski definition) is 3. The van der Waals surface area contributed by atoms with Crippen LogP contribution in [0.4, 0.5) is 0 Å². The molecule has 0 aliphatic heterocycles. The summed E-state index contributed by atoms with van der Waals surface area (Å²) in [6.45, 7) is 3.08. The first-order valence-electron chi connectivity index (χ1n) is 5.48. The molecule has 1 rings (SSSR count). The number of aliphatic hydroxyl groups is 1. The summed E-state index contributed by atoms with van der Waals surface area (Å²) < 4.78 is 5.34. The van der Waals surface area contributed by atoms with Crippen LogP contribution in [0.1, 0.15) is 11.1 Å². The van der Waals surface area contributed by atoms with Gasteiger partial charge in [0.25, 0.3) is 0 Å². The van der Waals surface area contributed by atoms with Crippen molar-refractivity contribution < 1.29 is 9.84 Å². The van der Waals surface area contributed by atoms with Crippen molar-refractivity contribution in [2.24, 2.45) is 5.73 Å². The van der Waals surface area contributed by atoms with Gasteiger partial charge < -0.3 is 20.9 Å². The number of aryl methyl sites for hydroxylation is 1. The van der Waals surface area contributed by atoms with E-state index in [4.69, 9.17) is 27.2 Å². The number of nitrogens with two attached hydrogens (primary N) is 1. The molecule has 1 aromatic carbocycles. The normalized spacial score (nSPS) is 12.5. The fourth-order valence-electron chi connectivity index (χ4n) is 1.68. The van der Waals surface area contributed by atoms with E-state index in [9.17, 15) is 0 Å². The van der Waals surface area contributed by atoms with Crippen LogP contribution in [-0.2, 0) is 6.54 Å². The maximum Gasteiger partial charge on any atom is 0.126 e. The molecule has 1 unspecified atom stereocenters. The molecule has 0 bridgehead atoms. The second kappa shape index (κ2) is 6.81. The number of hydrogen-bond acceptors (Lipinski definition) is 4. The van der Waals surface area contributed by atoms with E-state index in [2.05, 4.69) is 5.32 Å². The van der Waals surface area contributed by atoms with Crippen molar-refractivity contribution in [3.63, 3.8) is 0 Å². The first kappa shape index (κ1) is 14.3. The second-order valence-corrected chi connectivity index (χ2v) is 4.43. The average Bonchev–Trinajstić information content (AvgIpc) is 2.28. The van der Waals surface area contributed by atoms with Crippen LogP contribution >= 0.6 is 11.6 Å². The summed E-state index contributed by atoms with van der Waals surface area (Å²) in [7, 11) is 1.64. The summed E-state index contributed by atoms with van der Waals surface area (Å²) in [6.07, 6.45) is 0. The summed E-state index contributed by atoms with van der Waals surface area (Å²) in [5.74, 6) is 0.833. The van der Waals surface area contributed by atoms with Crippen molar-refractivity contribution >= 4 is 11.6 Å². The molecule has 0 radical (unpaired) electrons. The van der Waals surface area contributed by atoms with Gasteiger partial charge in [0, 0.05) is 29.7 Å². The van der Waals surface area contributed by atoms with Gasteiger partial charge in [-0.2, -0.15) is 0 Å². The fraction of sp³-hybridized carbons (Fsp3) is 0.500. The van der Waals surface area contributed by atoms with Gasteiger partial charge in [-0.3, -0.25) is 0 Å². The van der Waals surface area contributed by atoms with E-state index in [1.807, 2.05) is 19.1 Å². The molecule has 4 nitrogen and oxygen atoms in total. The molecular formula is C12H19ClN2O2. The average molecular weight is 259 g/mol. The molecule has 0 saturated carbocycles. The lowest BCUT2D eigenvalue weighted by Gasteiger charge is -2.14. The zero-order chi connectivity index (χ0) is 12.8. The maximum absolute atomic E-state index is 8.81. The van der Waals surface area contributed by atoms with E-state index in [1.165, 1.54) is 0 Å². The number of halogens is 1. The molecule has 96 valence electrons. The molecular weight excluding hydrogens is 240 g/mol. The number of aliphatic hydroxyl groups excluding tert-OH is 1. The lowest BCUT2D eigenvalue weighted by Crippen LogP contribution is -2.36. The minimum Gasteiger partial charge on any atom is -0.496 e.